The molecule has 0 saturated carbocycles. The molecule has 2 rings (SSSR count). The second-order valence-electron chi connectivity index (χ2n) is 5.82. The van der Waals surface area contributed by atoms with E-state index in [9.17, 15) is 14.4 Å². The summed E-state index contributed by atoms with van der Waals surface area (Å²) in [5.74, 6) is -2.68. The highest BCUT2D eigenvalue weighted by Crippen LogP contribution is 2.39. The Labute approximate surface area is 149 Å². The number of nitrogens with two attached hydrogens (primary N) is 1. The summed E-state index contributed by atoms with van der Waals surface area (Å²) in [4.78, 5) is 34.0. The summed E-state index contributed by atoms with van der Waals surface area (Å²) in [5, 5.41) is 0. The highest BCUT2D eigenvalue weighted by molar-refractivity contribution is 5.67. The van der Waals surface area contributed by atoms with Gasteiger partial charge in [-0.3, -0.25) is 14.3 Å². The lowest BCUT2D eigenvalue weighted by molar-refractivity contribution is -0.342. The number of hydrogen-bond acceptors (Lipinski definition) is 10. The van der Waals surface area contributed by atoms with Crippen LogP contribution in [-0.4, -0.2) is 67.9 Å². The van der Waals surface area contributed by atoms with Crippen molar-refractivity contribution in [3.8, 4) is 0 Å². The number of amides is 1. The number of primary amides is 1. The van der Waals surface area contributed by atoms with E-state index in [-0.39, 0.29) is 13.2 Å². The van der Waals surface area contributed by atoms with Crippen molar-refractivity contribution in [2.24, 2.45) is 5.73 Å². The number of fused-ring (bicyclic) bond motifs is 1. The van der Waals surface area contributed by atoms with E-state index in [0.717, 1.165) is 0 Å². The molecule has 0 aromatic heterocycles. The van der Waals surface area contributed by atoms with Gasteiger partial charge in [0.15, 0.2) is 24.6 Å². The van der Waals surface area contributed by atoms with Gasteiger partial charge in [-0.15, -0.1) is 0 Å². The summed E-state index contributed by atoms with van der Waals surface area (Å²) < 4.78 is 37.7. The Morgan fingerprint density at radius 3 is 2.31 bits per heavy atom. The molecular weight excluding hydrogens is 354 g/mol. The smallest absolute Gasteiger partial charge is 0.405 e. The fraction of sp³-hybridized carbons (Fsp3) is 0.800. The van der Waals surface area contributed by atoms with Crippen LogP contribution in [0.1, 0.15) is 27.7 Å². The molecule has 0 aromatic carbocycles. The van der Waals surface area contributed by atoms with Crippen molar-refractivity contribution >= 4 is 18.0 Å². The number of carbonyl (C=O) groups excluding carboxylic acids is 3. The van der Waals surface area contributed by atoms with Gasteiger partial charge in [-0.25, -0.2) is 4.79 Å². The lowest BCUT2D eigenvalue weighted by Gasteiger charge is -2.40. The third-order valence-electron chi connectivity index (χ3n) is 3.68. The van der Waals surface area contributed by atoms with E-state index in [1.54, 1.807) is 6.92 Å². The predicted octanol–water partition coefficient (Wildman–Crippen LogP) is -0.204. The van der Waals surface area contributed by atoms with Gasteiger partial charge < -0.3 is 34.2 Å². The van der Waals surface area contributed by atoms with Crippen LogP contribution in [0.3, 0.4) is 0 Å². The molecule has 0 unspecified atom stereocenters. The summed E-state index contributed by atoms with van der Waals surface area (Å²) in [6.45, 7) is 5.66. The Bertz CT molecular complexity index is 555. The Kier molecular flexibility index (Phi) is 6.39. The highest BCUT2D eigenvalue weighted by atomic mass is 16.9. The third-order valence-corrected chi connectivity index (χ3v) is 3.68. The van der Waals surface area contributed by atoms with Crippen LogP contribution in [0.25, 0.3) is 0 Å². The normalized spacial score (nSPS) is 36.1. The van der Waals surface area contributed by atoms with Gasteiger partial charge in [0.05, 0.1) is 0 Å². The second-order valence-corrected chi connectivity index (χ2v) is 5.82. The lowest BCUT2D eigenvalue weighted by atomic mass is 9.98. The quantitative estimate of drug-likeness (QED) is 0.488. The zero-order valence-electron chi connectivity index (χ0n) is 15.0. The first-order valence-corrected chi connectivity index (χ1v) is 8.07. The molecule has 0 aliphatic carbocycles. The molecular formula is C15H23NO10. The van der Waals surface area contributed by atoms with E-state index >= 15 is 0 Å². The molecule has 0 radical (unpaired) electrons. The third kappa shape index (κ3) is 4.81. The van der Waals surface area contributed by atoms with Gasteiger partial charge in [-0.2, -0.15) is 0 Å². The molecule has 2 aliphatic rings. The average molecular weight is 377 g/mol. The Morgan fingerprint density at radius 2 is 1.77 bits per heavy atom. The van der Waals surface area contributed by atoms with Crippen molar-refractivity contribution in [1.29, 1.82) is 0 Å². The second kappa shape index (κ2) is 8.16. The van der Waals surface area contributed by atoms with Crippen LogP contribution >= 0.6 is 0 Å². The van der Waals surface area contributed by atoms with Gasteiger partial charge >= 0.3 is 18.0 Å². The molecule has 1 amide bonds. The van der Waals surface area contributed by atoms with Gasteiger partial charge in [0, 0.05) is 27.4 Å². The minimum Gasteiger partial charge on any atom is -0.463 e. The van der Waals surface area contributed by atoms with Crippen molar-refractivity contribution < 1.29 is 47.5 Å². The van der Waals surface area contributed by atoms with Gasteiger partial charge in [0.25, 0.3) is 5.97 Å². The molecule has 2 saturated heterocycles. The van der Waals surface area contributed by atoms with E-state index < -0.39 is 54.7 Å². The van der Waals surface area contributed by atoms with Crippen LogP contribution in [0, 0.1) is 0 Å². The van der Waals surface area contributed by atoms with Crippen LogP contribution in [-0.2, 0) is 42.7 Å². The SMILES string of the molecule is CCO[C@]1(C)O[C@H]2O[C@@H](COC(C)=O)[C@@H](OC(C)=O)[C@@H](OC(N)=O)[C@@H]2O1. The highest BCUT2D eigenvalue weighted by Gasteiger charge is 2.59. The first kappa shape index (κ1) is 20.4. The van der Waals surface area contributed by atoms with Gasteiger partial charge in [0.1, 0.15) is 12.7 Å². The fourth-order valence-electron chi connectivity index (χ4n) is 2.85. The van der Waals surface area contributed by atoms with Gasteiger partial charge in [-0.05, 0) is 6.92 Å². The molecule has 148 valence electrons. The van der Waals surface area contributed by atoms with E-state index in [1.165, 1.54) is 20.8 Å². The summed E-state index contributed by atoms with van der Waals surface area (Å²) in [5.41, 5.74) is 5.14. The maximum Gasteiger partial charge on any atom is 0.405 e. The van der Waals surface area contributed by atoms with E-state index in [0.29, 0.717) is 0 Å². The summed E-state index contributed by atoms with van der Waals surface area (Å²) in [6, 6.07) is 0. The molecule has 11 nitrogen and oxygen atoms in total. The molecule has 0 bridgehead atoms. The van der Waals surface area contributed by atoms with Crippen molar-refractivity contribution in [1.82, 2.24) is 0 Å². The molecule has 0 spiro atoms. The summed E-state index contributed by atoms with van der Waals surface area (Å²) >= 11 is 0. The number of rotatable bonds is 6. The van der Waals surface area contributed by atoms with Gasteiger partial charge in [0.2, 0.25) is 0 Å². The van der Waals surface area contributed by atoms with Gasteiger partial charge in [-0.1, -0.05) is 0 Å². The zero-order chi connectivity index (χ0) is 19.5. The summed E-state index contributed by atoms with van der Waals surface area (Å²) in [7, 11) is 0. The van der Waals surface area contributed by atoms with Crippen molar-refractivity contribution in [2.45, 2.75) is 64.4 Å². The molecule has 26 heavy (non-hydrogen) atoms. The predicted molar refractivity (Wildman–Crippen MR) is 81.3 cm³/mol. The molecule has 2 N–H and O–H groups in total. The molecule has 2 heterocycles. The van der Waals surface area contributed by atoms with Crippen molar-refractivity contribution in [2.75, 3.05) is 13.2 Å². The average Bonchev–Trinajstić information content (AvgIpc) is 2.83. The topological polar surface area (TPSA) is 142 Å². The molecule has 11 heteroatoms. The molecule has 6 atom stereocenters. The Hall–Kier alpha value is -1.95. The van der Waals surface area contributed by atoms with Crippen molar-refractivity contribution in [3.05, 3.63) is 0 Å². The lowest BCUT2D eigenvalue weighted by Crippen LogP contribution is -2.60. The minimum absolute atomic E-state index is 0.260. The number of hydrogen-bond donors (Lipinski definition) is 1. The largest absolute Gasteiger partial charge is 0.463 e. The maximum absolute atomic E-state index is 11.5. The monoisotopic (exact) mass is 377 g/mol. The Balaban J connectivity index is 2.29. The minimum atomic E-state index is -1.46. The standard InChI is InChI=1S/C15H23NO10/c1-5-21-15(4)25-12-11(24-14(16)19)10(22-8(3)18)9(6-20-7(2)17)23-13(12)26-15/h9-13H,5-6H2,1-4H3,(H2,16,19)/t9-,10+,11+,12-,13+,15-/m0/s1. The Morgan fingerprint density at radius 1 is 1.08 bits per heavy atom. The van der Waals surface area contributed by atoms with E-state index in [4.69, 9.17) is 38.9 Å². The van der Waals surface area contributed by atoms with Crippen LogP contribution in [0.4, 0.5) is 4.79 Å². The van der Waals surface area contributed by atoms with Crippen LogP contribution in [0.15, 0.2) is 0 Å². The molecule has 0 aromatic rings. The van der Waals surface area contributed by atoms with Crippen LogP contribution < -0.4 is 5.73 Å². The van der Waals surface area contributed by atoms with Crippen molar-refractivity contribution in [3.63, 3.8) is 0 Å². The molecule has 2 aliphatic heterocycles. The van der Waals surface area contributed by atoms with Crippen LogP contribution in [0.5, 0.6) is 0 Å². The maximum atomic E-state index is 11.5. The fourth-order valence-corrected chi connectivity index (χ4v) is 2.85. The van der Waals surface area contributed by atoms with Crippen LogP contribution in [0.2, 0.25) is 0 Å². The first-order valence-electron chi connectivity index (χ1n) is 8.07. The molecule has 2 fully saturated rings. The zero-order valence-corrected chi connectivity index (χ0v) is 15.0. The van der Waals surface area contributed by atoms with E-state index in [2.05, 4.69) is 0 Å². The number of esters is 2. The first-order chi connectivity index (χ1) is 12.1. The summed E-state index contributed by atoms with van der Waals surface area (Å²) in [6.07, 6.45) is -6.36. The number of ether oxygens (including phenoxy) is 7. The number of carbonyl (C=O) groups is 3. The van der Waals surface area contributed by atoms with E-state index in [1.807, 2.05) is 0 Å².